The fourth-order valence-electron chi connectivity index (χ4n) is 2.62. The van der Waals surface area contributed by atoms with Gasteiger partial charge in [-0.2, -0.15) is 0 Å². The molecule has 1 atom stereocenters. The van der Waals surface area contributed by atoms with E-state index in [-0.39, 0.29) is 12.1 Å². The molecular weight excluding hydrogens is 322 g/mol. The van der Waals surface area contributed by atoms with Crippen molar-refractivity contribution < 1.29 is 14.3 Å². The largest absolute Gasteiger partial charge is 0.490 e. The molecule has 8 heteroatoms. The fraction of sp³-hybridized carbons (Fsp3) is 0.471. The maximum atomic E-state index is 12.1. The van der Waals surface area contributed by atoms with Gasteiger partial charge in [-0.3, -0.25) is 0 Å². The van der Waals surface area contributed by atoms with Crippen LogP contribution in [0.2, 0.25) is 0 Å². The number of nitrogens with zero attached hydrogens (tertiary/aromatic N) is 3. The van der Waals surface area contributed by atoms with Gasteiger partial charge in [0, 0.05) is 13.0 Å². The predicted molar refractivity (Wildman–Crippen MR) is 91.5 cm³/mol. The summed E-state index contributed by atoms with van der Waals surface area (Å²) in [5, 5.41) is 13.6. The number of hydrogen-bond donors (Lipinski definition) is 2. The van der Waals surface area contributed by atoms with Crippen LogP contribution in [0.4, 0.5) is 4.79 Å². The molecule has 2 heterocycles. The highest BCUT2D eigenvalue weighted by Crippen LogP contribution is 2.32. The van der Waals surface area contributed by atoms with Crippen LogP contribution in [0.3, 0.4) is 0 Å². The summed E-state index contributed by atoms with van der Waals surface area (Å²) in [6.07, 6.45) is 2.51. The van der Waals surface area contributed by atoms with Crippen molar-refractivity contribution in [2.75, 3.05) is 13.2 Å². The monoisotopic (exact) mass is 345 g/mol. The number of benzene rings is 1. The molecule has 1 aromatic carbocycles. The average molecular weight is 345 g/mol. The van der Waals surface area contributed by atoms with Crippen LogP contribution in [0.25, 0.3) is 0 Å². The Morgan fingerprint density at radius 1 is 1.32 bits per heavy atom. The molecule has 1 aliphatic heterocycles. The van der Waals surface area contributed by atoms with E-state index in [0.29, 0.717) is 19.8 Å². The summed E-state index contributed by atoms with van der Waals surface area (Å²) in [6, 6.07) is 5.31. The summed E-state index contributed by atoms with van der Waals surface area (Å²) in [4.78, 5) is 12.1. The van der Waals surface area contributed by atoms with Gasteiger partial charge in [-0.05, 0) is 31.5 Å². The number of aryl methyl sites for hydroxylation is 1. The molecule has 0 radical (unpaired) electrons. The average Bonchev–Trinajstić information content (AvgIpc) is 2.95. The first-order valence-electron chi connectivity index (χ1n) is 8.48. The maximum absolute atomic E-state index is 12.1. The standard InChI is InChI=1S/C17H23N5O3/c1-3-22-11-19-21-16(22)10-18-17(23)20-12(2)13-5-6-14-15(9-13)25-8-4-7-24-14/h5-6,9,11-12H,3-4,7-8,10H2,1-2H3,(H2,18,20,23)/t12-/m0/s1. The second-order valence-corrected chi connectivity index (χ2v) is 5.84. The highest BCUT2D eigenvalue weighted by Gasteiger charge is 2.15. The van der Waals surface area contributed by atoms with Crippen molar-refractivity contribution in [1.29, 1.82) is 0 Å². The summed E-state index contributed by atoms with van der Waals surface area (Å²) in [5.74, 6) is 2.19. The van der Waals surface area contributed by atoms with Crippen LogP contribution in [-0.2, 0) is 13.1 Å². The highest BCUT2D eigenvalue weighted by molar-refractivity contribution is 5.74. The summed E-state index contributed by atoms with van der Waals surface area (Å²) < 4.78 is 13.2. The van der Waals surface area contributed by atoms with Crippen molar-refractivity contribution in [3.05, 3.63) is 35.9 Å². The number of carbonyl (C=O) groups is 1. The molecule has 0 spiro atoms. The smallest absolute Gasteiger partial charge is 0.315 e. The van der Waals surface area contributed by atoms with Gasteiger partial charge in [0.25, 0.3) is 0 Å². The number of urea groups is 1. The van der Waals surface area contributed by atoms with Gasteiger partial charge in [-0.25, -0.2) is 4.79 Å². The molecule has 0 bridgehead atoms. The number of carbonyl (C=O) groups excluding carboxylic acids is 1. The van der Waals surface area contributed by atoms with Gasteiger partial charge in [-0.1, -0.05) is 6.07 Å². The van der Waals surface area contributed by atoms with Gasteiger partial charge in [0.05, 0.1) is 25.8 Å². The van der Waals surface area contributed by atoms with Gasteiger partial charge in [-0.15, -0.1) is 10.2 Å². The summed E-state index contributed by atoms with van der Waals surface area (Å²) in [5.41, 5.74) is 0.955. The molecule has 25 heavy (non-hydrogen) atoms. The van der Waals surface area contributed by atoms with Crippen LogP contribution >= 0.6 is 0 Å². The number of fused-ring (bicyclic) bond motifs is 1. The number of ether oxygens (including phenoxy) is 2. The Morgan fingerprint density at radius 3 is 2.92 bits per heavy atom. The predicted octanol–water partition coefficient (Wildman–Crippen LogP) is 2.02. The number of hydrogen-bond acceptors (Lipinski definition) is 5. The van der Waals surface area contributed by atoms with Crippen LogP contribution < -0.4 is 20.1 Å². The van der Waals surface area contributed by atoms with Crippen molar-refractivity contribution in [2.45, 2.75) is 39.4 Å². The topological polar surface area (TPSA) is 90.3 Å². The van der Waals surface area contributed by atoms with Gasteiger partial charge in [0.2, 0.25) is 0 Å². The molecule has 1 aliphatic rings. The lowest BCUT2D eigenvalue weighted by Gasteiger charge is -2.17. The molecule has 2 amide bonds. The van der Waals surface area contributed by atoms with E-state index in [1.54, 1.807) is 6.33 Å². The van der Waals surface area contributed by atoms with E-state index in [1.165, 1.54) is 0 Å². The minimum atomic E-state index is -0.259. The Hall–Kier alpha value is -2.77. The Labute approximate surface area is 146 Å². The summed E-state index contributed by atoms with van der Waals surface area (Å²) >= 11 is 0. The zero-order chi connectivity index (χ0) is 17.6. The Morgan fingerprint density at radius 2 is 2.12 bits per heavy atom. The molecule has 8 nitrogen and oxygen atoms in total. The third-order valence-corrected chi connectivity index (χ3v) is 4.06. The third-order valence-electron chi connectivity index (χ3n) is 4.06. The van der Waals surface area contributed by atoms with Crippen molar-refractivity contribution in [1.82, 2.24) is 25.4 Å². The van der Waals surface area contributed by atoms with E-state index in [4.69, 9.17) is 9.47 Å². The third kappa shape index (κ3) is 4.20. The molecule has 0 saturated carbocycles. The van der Waals surface area contributed by atoms with Crippen LogP contribution in [0.5, 0.6) is 11.5 Å². The normalized spacial score (nSPS) is 14.5. The van der Waals surface area contributed by atoms with E-state index in [2.05, 4.69) is 20.8 Å². The molecule has 134 valence electrons. The van der Waals surface area contributed by atoms with Crippen molar-refractivity contribution in [3.63, 3.8) is 0 Å². The summed E-state index contributed by atoms with van der Waals surface area (Å²) in [7, 11) is 0. The lowest BCUT2D eigenvalue weighted by molar-refractivity contribution is 0.237. The van der Waals surface area contributed by atoms with E-state index in [9.17, 15) is 4.79 Å². The number of rotatable bonds is 5. The lowest BCUT2D eigenvalue weighted by atomic mass is 10.1. The number of aromatic nitrogens is 3. The van der Waals surface area contributed by atoms with Crippen LogP contribution in [0.1, 0.15) is 37.7 Å². The van der Waals surface area contributed by atoms with Crippen LogP contribution in [-0.4, -0.2) is 34.0 Å². The first-order valence-corrected chi connectivity index (χ1v) is 8.48. The van der Waals surface area contributed by atoms with E-state index < -0.39 is 0 Å². The van der Waals surface area contributed by atoms with E-state index in [1.807, 2.05) is 36.6 Å². The minimum absolute atomic E-state index is 0.166. The Kier molecular flexibility index (Phi) is 5.37. The molecule has 0 fully saturated rings. The fourth-order valence-corrected chi connectivity index (χ4v) is 2.62. The zero-order valence-electron chi connectivity index (χ0n) is 14.5. The van der Waals surface area contributed by atoms with Crippen LogP contribution in [0, 0.1) is 0 Å². The van der Waals surface area contributed by atoms with E-state index in [0.717, 1.165) is 35.9 Å². The first kappa shape index (κ1) is 17.1. The zero-order valence-corrected chi connectivity index (χ0v) is 14.5. The van der Waals surface area contributed by atoms with Gasteiger partial charge >= 0.3 is 6.03 Å². The maximum Gasteiger partial charge on any atom is 0.315 e. The Balaban J connectivity index is 1.57. The molecular formula is C17H23N5O3. The van der Waals surface area contributed by atoms with Gasteiger partial charge in [0.15, 0.2) is 17.3 Å². The van der Waals surface area contributed by atoms with Crippen molar-refractivity contribution in [2.24, 2.45) is 0 Å². The lowest BCUT2D eigenvalue weighted by Crippen LogP contribution is -2.37. The molecule has 0 aliphatic carbocycles. The van der Waals surface area contributed by atoms with Crippen molar-refractivity contribution >= 4 is 6.03 Å². The molecule has 3 rings (SSSR count). The minimum Gasteiger partial charge on any atom is -0.490 e. The first-order chi connectivity index (χ1) is 12.2. The van der Waals surface area contributed by atoms with E-state index >= 15 is 0 Å². The number of nitrogens with one attached hydrogen (secondary N) is 2. The molecule has 2 N–H and O–H groups in total. The molecule has 0 saturated heterocycles. The highest BCUT2D eigenvalue weighted by atomic mass is 16.5. The van der Waals surface area contributed by atoms with Crippen LogP contribution in [0.15, 0.2) is 24.5 Å². The summed E-state index contributed by atoms with van der Waals surface area (Å²) in [6.45, 7) is 6.31. The van der Waals surface area contributed by atoms with Crippen molar-refractivity contribution in [3.8, 4) is 11.5 Å². The van der Waals surface area contributed by atoms with Gasteiger partial charge in [0.1, 0.15) is 6.33 Å². The second kappa shape index (κ2) is 7.87. The molecule has 1 aromatic heterocycles. The Bertz CT molecular complexity index is 731. The molecule has 0 unspecified atom stereocenters. The quantitative estimate of drug-likeness (QED) is 0.865. The molecule has 2 aromatic rings. The van der Waals surface area contributed by atoms with Gasteiger partial charge < -0.3 is 24.7 Å². The second-order valence-electron chi connectivity index (χ2n) is 5.84. The SMILES string of the molecule is CCn1cnnc1CNC(=O)N[C@@H](C)c1ccc2c(c1)OCCCO2. The number of amides is 2.